The molecule has 1 aromatic carbocycles. The van der Waals surface area contributed by atoms with Crippen LogP contribution in [0.5, 0.6) is 0 Å². The summed E-state index contributed by atoms with van der Waals surface area (Å²) in [6.07, 6.45) is 2.33. The van der Waals surface area contributed by atoms with Crippen molar-refractivity contribution < 1.29 is 12.8 Å². The summed E-state index contributed by atoms with van der Waals surface area (Å²) in [5, 5.41) is -0.313. The molecule has 0 aliphatic carbocycles. The Morgan fingerprint density at radius 2 is 2.18 bits per heavy atom. The third-order valence-corrected chi connectivity index (χ3v) is 3.54. The van der Waals surface area contributed by atoms with Crippen LogP contribution in [0.2, 0.25) is 5.02 Å². The average Bonchev–Trinajstić information content (AvgIpc) is 2.78. The fourth-order valence-electron chi connectivity index (χ4n) is 1.17. The van der Waals surface area contributed by atoms with Crippen molar-refractivity contribution in [3.63, 3.8) is 0 Å². The van der Waals surface area contributed by atoms with Crippen LogP contribution in [0, 0.1) is 5.82 Å². The second-order valence-electron chi connectivity index (χ2n) is 3.12. The summed E-state index contributed by atoms with van der Waals surface area (Å²) < 4.78 is 39.0. The molecule has 0 fully saturated rings. The summed E-state index contributed by atoms with van der Waals surface area (Å²) in [4.78, 5) is 5.99. The van der Waals surface area contributed by atoms with Crippen molar-refractivity contribution in [3.05, 3.63) is 41.6 Å². The summed E-state index contributed by atoms with van der Waals surface area (Å²) in [5.74, 6) is -0.822. The lowest BCUT2D eigenvalue weighted by Gasteiger charge is -2.07. The van der Waals surface area contributed by atoms with E-state index in [1.54, 1.807) is 0 Å². The molecule has 0 saturated carbocycles. The van der Waals surface area contributed by atoms with Gasteiger partial charge in [0.1, 0.15) is 0 Å². The van der Waals surface area contributed by atoms with Gasteiger partial charge in [0.2, 0.25) is 0 Å². The zero-order valence-electron chi connectivity index (χ0n) is 8.31. The highest BCUT2D eigenvalue weighted by Gasteiger charge is 2.18. The summed E-state index contributed by atoms with van der Waals surface area (Å²) in [6.45, 7) is 0. The van der Waals surface area contributed by atoms with E-state index in [-0.39, 0.29) is 15.7 Å². The molecule has 17 heavy (non-hydrogen) atoms. The van der Waals surface area contributed by atoms with Gasteiger partial charge in [-0.1, -0.05) is 17.7 Å². The van der Waals surface area contributed by atoms with Crippen LogP contribution in [0.3, 0.4) is 0 Å². The third-order valence-electron chi connectivity index (χ3n) is 1.96. The lowest BCUT2D eigenvalue weighted by atomic mass is 10.3. The van der Waals surface area contributed by atoms with E-state index in [4.69, 9.17) is 11.6 Å². The number of hydrogen-bond acceptors (Lipinski definition) is 3. The smallest absolute Gasteiger partial charge is 0.279 e. The Labute approximate surface area is 102 Å². The monoisotopic (exact) mass is 275 g/mol. The molecule has 0 spiro atoms. The van der Waals surface area contributed by atoms with E-state index in [2.05, 4.69) is 14.7 Å². The molecular formula is C9H7ClFN3O2S. The molecule has 90 valence electrons. The van der Waals surface area contributed by atoms with Gasteiger partial charge in [-0.2, -0.15) is 8.42 Å². The number of benzene rings is 1. The SMILES string of the molecule is O=S(=O)(Nc1cccc(Cl)c1F)c1cnc[nH]1. The van der Waals surface area contributed by atoms with Crippen molar-refractivity contribution in [2.75, 3.05) is 4.72 Å². The number of imidazole rings is 1. The van der Waals surface area contributed by atoms with E-state index in [1.165, 1.54) is 24.5 Å². The predicted octanol–water partition coefficient (Wildman–Crippen LogP) is 2.00. The lowest BCUT2D eigenvalue weighted by Crippen LogP contribution is -2.14. The molecule has 0 aliphatic rings. The Morgan fingerprint density at radius 3 is 2.82 bits per heavy atom. The van der Waals surface area contributed by atoms with Gasteiger partial charge in [0.05, 0.1) is 23.2 Å². The van der Waals surface area contributed by atoms with E-state index in [0.29, 0.717) is 0 Å². The minimum Gasteiger partial charge on any atom is -0.334 e. The van der Waals surface area contributed by atoms with E-state index in [1.807, 2.05) is 0 Å². The number of nitrogens with one attached hydrogen (secondary N) is 2. The topological polar surface area (TPSA) is 74.8 Å². The lowest BCUT2D eigenvalue weighted by molar-refractivity contribution is 0.596. The minimum atomic E-state index is -3.88. The molecule has 1 aromatic heterocycles. The van der Waals surface area contributed by atoms with Crippen molar-refractivity contribution in [2.45, 2.75) is 5.03 Å². The highest BCUT2D eigenvalue weighted by molar-refractivity contribution is 7.92. The largest absolute Gasteiger partial charge is 0.334 e. The summed E-state index contributed by atoms with van der Waals surface area (Å²) in [7, 11) is -3.88. The van der Waals surface area contributed by atoms with E-state index < -0.39 is 15.8 Å². The van der Waals surface area contributed by atoms with Crippen LogP contribution < -0.4 is 4.72 Å². The number of anilines is 1. The maximum Gasteiger partial charge on any atom is 0.279 e. The quantitative estimate of drug-likeness (QED) is 0.900. The van der Waals surface area contributed by atoms with Crippen molar-refractivity contribution >= 4 is 27.3 Å². The molecule has 2 aromatic rings. The number of nitrogens with zero attached hydrogens (tertiary/aromatic N) is 1. The number of halogens is 2. The van der Waals surface area contributed by atoms with E-state index in [9.17, 15) is 12.8 Å². The number of rotatable bonds is 3. The molecule has 0 radical (unpaired) electrons. The Morgan fingerprint density at radius 1 is 1.41 bits per heavy atom. The molecule has 0 amide bonds. The van der Waals surface area contributed by atoms with Crippen LogP contribution >= 0.6 is 11.6 Å². The number of aromatic nitrogens is 2. The molecule has 5 nitrogen and oxygen atoms in total. The maximum atomic E-state index is 13.5. The first-order valence-electron chi connectivity index (χ1n) is 4.46. The zero-order valence-corrected chi connectivity index (χ0v) is 9.89. The van der Waals surface area contributed by atoms with E-state index in [0.717, 1.165) is 6.20 Å². The average molecular weight is 276 g/mol. The predicted molar refractivity (Wildman–Crippen MR) is 60.8 cm³/mol. The molecule has 0 unspecified atom stereocenters. The number of sulfonamides is 1. The van der Waals surface area contributed by atoms with Gasteiger partial charge >= 0.3 is 0 Å². The molecular weight excluding hydrogens is 269 g/mol. The maximum absolute atomic E-state index is 13.5. The van der Waals surface area contributed by atoms with Gasteiger partial charge in [-0.15, -0.1) is 0 Å². The van der Waals surface area contributed by atoms with Gasteiger partial charge < -0.3 is 4.98 Å². The van der Waals surface area contributed by atoms with Gasteiger partial charge in [-0.25, -0.2) is 9.37 Å². The third kappa shape index (κ3) is 2.40. The minimum absolute atomic E-state index is 0.156. The van der Waals surface area contributed by atoms with Gasteiger partial charge in [-0.05, 0) is 12.1 Å². The number of hydrogen-bond donors (Lipinski definition) is 2. The van der Waals surface area contributed by atoms with Crippen molar-refractivity contribution in [3.8, 4) is 0 Å². The van der Waals surface area contributed by atoms with Crippen molar-refractivity contribution in [1.29, 1.82) is 0 Å². The number of H-pyrrole nitrogens is 1. The van der Waals surface area contributed by atoms with E-state index >= 15 is 0 Å². The van der Waals surface area contributed by atoms with Crippen LogP contribution in [-0.2, 0) is 10.0 Å². The first-order valence-corrected chi connectivity index (χ1v) is 6.32. The van der Waals surface area contributed by atoms with Gasteiger partial charge in [0.25, 0.3) is 10.0 Å². The Hall–Kier alpha value is -1.60. The van der Waals surface area contributed by atoms with Crippen molar-refractivity contribution in [1.82, 2.24) is 9.97 Å². The standard InChI is InChI=1S/C9H7ClFN3O2S/c10-6-2-1-3-7(9(6)11)14-17(15,16)8-4-12-5-13-8/h1-5,14H,(H,12,13). The first kappa shape index (κ1) is 11.9. The fraction of sp³-hybridized carbons (Fsp3) is 0. The van der Waals surface area contributed by atoms with Crippen LogP contribution in [0.4, 0.5) is 10.1 Å². The second kappa shape index (κ2) is 4.34. The fourth-order valence-corrected chi connectivity index (χ4v) is 2.31. The second-order valence-corrected chi connectivity index (χ2v) is 5.18. The van der Waals surface area contributed by atoms with Gasteiger partial charge in [-0.3, -0.25) is 4.72 Å². The molecule has 0 saturated heterocycles. The summed E-state index contributed by atoms with van der Waals surface area (Å²) in [5.41, 5.74) is -0.216. The normalized spacial score (nSPS) is 11.4. The highest BCUT2D eigenvalue weighted by Crippen LogP contribution is 2.23. The number of aromatic amines is 1. The molecule has 0 aliphatic heterocycles. The Kier molecular flexibility index (Phi) is 3.03. The van der Waals surface area contributed by atoms with Crippen LogP contribution in [0.1, 0.15) is 0 Å². The summed E-state index contributed by atoms with van der Waals surface area (Å²) >= 11 is 5.54. The first-order chi connectivity index (χ1) is 8.00. The van der Waals surface area contributed by atoms with Crippen molar-refractivity contribution in [2.24, 2.45) is 0 Å². The molecule has 2 rings (SSSR count). The van der Waals surface area contributed by atoms with Gasteiger partial charge in [0.15, 0.2) is 10.8 Å². The molecule has 8 heteroatoms. The zero-order chi connectivity index (χ0) is 12.5. The molecule has 0 atom stereocenters. The summed E-state index contributed by atoms with van der Waals surface area (Å²) in [6, 6.07) is 4.04. The molecule has 0 bridgehead atoms. The van der Waals surface area contributed by atoms with Crippen LogP contribution in [0.15, 0.2) is 35.7 Å². The molecule has 1 heterocycles. The van der Waals surface area contributed by atoms with Crippen LogP contribution in [0.25, 0.3) is 0 Å². The van der Waals surface area contributed by atoms with Crippen LogP contribution in [-0.4, -0.2) is 18.4 Å². The Bertz CT molecular complexity index is 628. The Balaban J connectivity index is 2.37. The highest BCUT2D eigenvalue weighted by atomic mass is 35.5. The van der Waals surface area contributed by atoms with Gasteiger partial charge in [0, 0.05) is 0 Å². The molecule has 2 N–H and O–H groups in total.